The number of hydrogen-bond acceptors (Lipinski definition) is 3. The van der Waals surface area contributed by atoms with Crippen molar-refractivity contribution in [3.63, 3.8) is 0 Å². The summed E-state index contributed by atoms with van der Waals surface area (Å²) in [4.78, 5) is 8.40. The van der Waals surface area contributed by atoms with E-state index in [9.17, 15) is 0 Å². The highest BCUT2D eigenvalue weighted by Crippen LogP contribution is 2.26. The lowest BCUT2D eigenvalue weighted by atomic mass is 10.0. The molecule has 0 aliphatic heterocycles. The van der Waals surface area contributed by atoms with E-state index in [2.05, 4.69) is 16.0 Å². The number of pyridine rings is 2. The molecule has 2 aromatic heterocycles. The van der Waals surface area contributed by atoms with Crippen LogP contribution in [-0.4, -0.2) is 9.97 Å². The van der Waals surface area contributed by atoms with Crippen molar-refractivity contribution < 1.29 is 0 Å². The molecule has 0 aliphatic carbocycles. The Labute approximate surface area is 98.9 Å². The molecule has 0 saturated heterocycles. The average molecular weight is 221 g/mol. The molecule has 17 heavy (non-hydrogen) atoms. The Morgan fingerprint density at radius 3 is 2.82 bits per heavy atom. The molecule has 0 radical (unpaired) electrons. The van der Waals surface area contributed by atoms with Crippen molar-refractivity contribution >= 4 is 16.6 Å². The van der Waals surface area contributed by atoms with E-state index in [1.807, 2.05) is 30.3 Å². The van der Waals surface area contributed by atoms with Gasteiger partial charge >= 0.3 is 0 Å². The molecule has 3 nitrogen and oxygen atoms in total. The lowest BCUT2D eigenvalue weighted by molar-refractivity contribution is 1.33. The van der Waals surface area contributed by atoms with E-state index < -0.39 is 0 Å². The van der Waals surface area contributed by atoms with Crippen molar-refractivity contribution in [1.82, 2.24) is 9.97 Å². The quantitative estimate of drug-likeness (QED) is 0.687. The zero-order valence-electron chi connectivity index (χ0n) is 9.17. The van der Waals surface area contributed by atoms with E-state index in [0.717, 1.165) is 27.7 Å². The van der Waals surface area contributed by atoms with Gasteiger partial charge in [0.1, 0.15) is 0 Å². The highest BCUT2D eigenvalue weighted by Gasteiger charge is 2.03. The first-order valence-corrected chi connectivity index (χ1v) is 5.39. The summed E-state index contributed by atoms with van der Waals surface area (Å²) in [6.07, 6.45) is 5.27. The van der Waals surface area contributed by atoms with Gasteiger partial charge in [-0.3, -0.25) is 9.97 Å². The van der Waals surface area contributed by atoms with E-state index in [4.69, 9.17) is 5.73 Å². The van der Waals surface area contributed by atoms with Crippen LogP contribution in [0.5, 0.6) is 0 Å². The first-order valence-electron chi connectivity index (χ1n) is 5.39. The number of nitrogens with zero attached hydrogens (tertiary/aromatic N) is 2. The number of aromatic nitrogens is 2. The summed E-state index contributed by atoms with van der Waals surface area (Å²) in [6, 6.07) is 11.9. The molecule has 3 heteroatoms. The Hall–Kier alpha value is -2.42. The first-order chi connectivity index (χ1) is 8.34. The van der Waals surface area contributed by atoms with Gasteiger partial charge in [0.15, 0.2) is 0 Å². The van der Waals surface area contributed by atoms with Crippen molar-refractivity contribution in [3.05, 3.63) is 55.0 Å². The fourth-order valence-electron chi connectivity index (χ4n) is 1.89. The molecule has 0 fully saturated rings. The molecular formula is C14H11N3. The van der Waals surface area contributed by atoms with Gasteiger partial charge in [-0.05, 0) is 29.8 Å². The van der Waals surface area contributed by atoms with E-state index >= 15 is 0 Å². The molecule has 0 unspecified atom stereocenters. The number of hydrogen-bond donors (Lipinski definition) is 1. The second-order valence-corrected chi connectivity index (χ2v) is 3.87. The SMILES string of the molecule is Nc1ccncc1-c1ccc2ncccc2c1. The maximum Gasteiger partial charge on any atom is 0.0702 e. The Kier molecular flexibility index (Phi) is 2.22. The van der Waals surface area contributed by atoms with Crippen LogP contribution in [0.25, 0.3) is 22.0 Å². The second-order valence-electron chi connectivity index (χ2n) is 3.87. The first kappa shape index (κ1) is 9.78. The van der Waals surface area contributed by atoms with Crippen molar-refractivity contribution in [2.24, 2.45) is 0 Å². The molecular weight excluding hydrogens is 210 g/mol. The molecule has 1 aromatic carbocycles. The monoisotopic (exact) mass is 221 g/mol. The summed E-state index contributed by atoms with van der Waals surface area (Å²) in [7, 11) is 0. The molecule has 3 rings (SSSR count). The minimum absolute atomic E-state index is 0.739. The molecule has 2 heterocycles. The lowest BCUT2D eigenvalue weighted by Gasteiger charge is -2.05. The molecule has 0 spiro atoms. The van der Waals surface area contributed by atoms with E-state index in [1.165, 1.54) is 0 Å². The normalized spacial score (nSPS) is 10.6. The summed E-state index contributed by atoms with van der Waals surface area (Å²) >= 11 is 0. The highest BCUT2D eigenvalue weighted by molar-refractivity contribution is 5.86. The van der Waals surface area contributed by atoms with Crippen molar-refractivity contribution in [3.8, 4) is 11.1 Å². The van der Waals surface area contributed by atoms with Gasteiger partial charge in [0.05, 0.1) is 5.52 Å². The molecule has 82 valence electrons. The van der Waals surface area contributed by atoms with Crippen LogP contribution in [0.15, 0.2) is 55.0 Å². The van der Waals surface area contributed by atoms with Crippen LogP contribution in [0.3, 0.4) is 0 Å². The van der Waals surface area contributed by atoms with Gasteiger partial charge in [-0.1, -0.05) is 12.1 Å². The van der Waals surface area contributed by atoms with Crippen LogP contribution in [0.4, 0.5) is 5.69 Å². The van der Waals surface area contributed by atoms with Crippen LogP contribution in [-0.2, 0) is 0 Å². The van der Waals surface area contributed by atoms with Gasteiger partial charge in [-0.2, -0.15) is 0 Å². The third-order valence-corrected chi connectivity index (χ3v) is 2.77. The minimum Gasteiger partial charge on any atom is -0.398 e. The van der Waals surface area contributed by atoms with E-state index in [1.54, 1.807) is 18.6 Å². The van der Waals surface area contributed by atoms with Gasteiger partial charge in [0.2, 0.25) is 0 Å². The molecule has 0 bridgehead atoms. The zero-order chi connectivity index (χ0) is 11.7. The maximum atomic E-state index is 5.94. The Morgan fingerprint density at radius 1 is 1.00 bits per heavy atom. The van der Waals surface area contributed by atoms with Gasteiger partial charge in [0.25, 0.3) is 0 Å². The van der Waals surface area contributed by atoms with Crippen LogP contribution < -0.4 is 5.73 Å². The summed E-state index contributed by atoms with van der Waals surface area (Å²) in [5, 5.41) is 1.10. The maximum absolute atomic E-state index is 5.94. The summed E-state index contributed by atoms with van der Waals surface area (Å²) in [6.45, 7) is 0. The van der Waals surface area contributed by atoms with Crippen molar-refractivity contribution in [2.45, 2.75) is 0 Å². The fraction of sp³-hybridized carbons (Fsp3) is 0. The minimum atomic E-state index is 0.739. The van der Waals surface area contributed by atoms with Crippen molar-refractivity contribution in [2.75, 3.05) is 5.73 Å². The number of benzene rings is 1. The van der Waals surface area contributed by atoms with Gasteiger partial charge < -0.3 is 5.73 Å². The van der Waals surface area contributed by atoms with Gasteiger partial charge in [0, 0.05) is 35.2 Å². The average Bonchev–Trinajstić information content (AvgIpc) is 2.39. The predicted molar refractivity (Wildman–Crippen MR) is 69.4 cm³/mol. The summed E-state index contributed by atoms with van der Waals surface area (Å²) < 4.78 is 0. The summed E-state index contributed by atoms with van der Waals surface area (Å²) in [5.74, 6) is 0. The smallest absolute Gasteiger partial charge is 0.0702 e. The molecule has 0 atom stereocenters. The van der Waals surface area contributed by atoms with Gasteiger partial charge in [-0.25, -0.2) is 0 Å². The summed E-state index contributed by atoms with van der Waals surface area (Å²) in [5.41, 5.74) is 9.69. The number of nitrogens with two attached hydrogens (primary N) is 1. The zero-order valence-corrected chi connectivity index (χ0v) is 9.17. The molecule has 0 amide bonds. The Balaban J connectivity index is 2.22. The molecule has 3 aromatic rings. The van der Waals surface area contributed by atoms with Crippen LogP contribution in [0.2, 0.25) is 0 Å². The Morgan fingerprint density at radius 2 is 1.94 bits per heavy atom. The third kappa shape index (κ3) is 1.72. The van der Waals surface area contributed by atoms with Crippen LogP contribution in [0, 0.1) is 0 Å². The van der Waals surface area contributed by atoms with Crippen LogP contribution >= 0.6 is 0 Å². The molecule has 0 saturated carbocycles. The van der Waals surface area contributed by atoms with Crippen LogP contribution in [0.1, 0.15) is 0 Å². The van der Waals surface area contributed by atoms with Gasteiger partial charge in [-0.15, -0.1) is 0 Å². The molecule has 0 aliphatic rings. The van der Waals surface area contributed by atoms with E-state index in [0.29, 0.717) is 0 Å². The number of nitrogen functional groups attached to an aromatic ring is 1. The largest absolute Gasteiger partial charge is 0.398 e. The molecule has 2 N–H and O–H groups in total. The second kappa shape index (κ2) is 3.87. The number of rotatable bonds is 1. The van der Waals surface area contributed by atoms with E-state index in [-0.39, 0.29) is 0 Å². The fourth-order valence-corrected chi connectivity index (χ4v) is 1.89. The van der Waals surface area contributed by atoms with Crippen molar-refractivity contribution in [1.29, 1.82) is 0 Å². The number of fused-ring (bicyclic) bond motifs is 1. The topological polar surface area (TPSA) is 51.8 Å². The highest BCUT2D eigenvalue weighted by atomic mass is 14.7. The third-order valence-electron chi connectivity index (χ3n) is 2.77. The number of anilines is 1. The standard InChI is InChI=1S/C14H11N3/c15-13-5-7-16-9-12(13)10-3-4-14-11(8-10)2-1-6-17-14/h1-9H,(H2,15,16). The predicted octanol–water partition coefficient (Wildman–Crippen LogP) is 2.88. The lowest BCUT2D eigenvalue weighted by Crippen LogP contribution is -1.90. The Bertz CT molecular complexity index is 677.